The van der Waals surface area contributed by atoms with Crippen LogP contribution in [0.2, 0.25) is 0 Å². The number of hydrogen-bond donors (Lipinski definition) is 1. The summed E-state index contributed by atoms with van der Waals surface area (Å²) in [6, 6.07) is 5.58. The number of aromatic nitrogens is 1. The highest BCUT2D eigenvalue weighted by atomic mass is 32.2. The third kappa shape index (κ3) is 3.22. The first-order chi connectivity index (χ1) is 9.31. The molecule has 0 atom stereocenters. The first kappa shape index (κ1) is 12.8. The number of hydrogen-bond acceptors (Lipinski definition) is 5. The Hall–Kier alpha value is -1.20. The predicted octanol–water partition coefficient (Wildman–Crippen LogP) is 2.99. The van der Waals surface area contributed by atoms with Crippen molar-refractivity contribution in [2.75, 3.05) is 31.1 Å². The van der Waals surface area contributed by atoms with Crippen LogP contribution in [0, 0.1) is 0 Å². The van der Waals surface area contributed by atoms with Gasteiger partial charge >= 0.3 is 0 Å². The third-order valence-corrected chi connectivity index (χ3v) is 4.28. The Kier molecular flexibility index (Phi) is 3.94. The van der Waals surface area contributed by atoms with Crippen molar-refractivity contribution >= 4 is 28.5 Å². The molecule has 2 N–H and O–H groups in total. The molecule has 1 aromatic carbocycles. The summed E-state index contributed by atoms with van der Waals surface area (Å²) >= 11 is 1.69. The topological polar surface area (TPSA) is 55.3 Å². The number of nitrogen functional groups attached to an aromatic ring is 1. The maximum Gasteiger partial charge on any atom is 0.256 e. The maximum atomic E-state index is 5.74. The number of thioether (sulfide) groups is 1. The molecule has 0 radical (unpaired) electrons. The first-order valence-corrected chi connectivity index (χ1v) is 7.81. The molecule has 0 bridgehead atoms. The van der Waals surface area contributed by atoms with E-state index >= 15 is 0 Å². The standard InChI is InChI=1S/C14H19N3OS/c15-11-4-5-13-12(10-11)16-14(18-13)19-9-8-17-6-2-1-3-7-17/h4-5,10H,1-3,6-9,15H2. The summed E-state index contributed by atoms with van der Waals surface area (Å²) in [6.45, 7) is 3.60. The number of benzene rings is 1. The Labute approximate surface area is 117 Å². The average Bonchev–Trinajstić information content (AvgIpc) is 2.82. The van der Waals surface area contributed by atoms with Crippen molar-refractivity contribution in [3.8, 4) is 0 Å². The molecule has 19 heavy (non-hydrogen) atoms. The van der Waals surface area contributed by atoms with Gasteiger partial charge in [0, 0.05) is 18.0 Å². The van der Waals surface area contributed by atoms with Crippen LogP contribution in [0.15, 0.2) is 27.8 Å². The first-order valence-electron chi connectivity index (χ1n) is 6.82. The molecule has 3 rings (SSSR count). The Morgan fingerprint density at radius 3 is 2.95 bits per heavy atom. The lowest BCUT2D eigenvalue weighted by Gasteiger charge is -2.25. The normalized spacial score (nSPS) is 17.1. The molecule has 5 heteroatoms. The van der Waals surface area contributed by atoms with Crippen molar-refractivity contribution in [2.24, 2.45) is 0 Å². The van der Waals surface area contributed by atoms with Crippen LogP contribution in [0.25, 0.3) is 11.1 Å². The second kappa shape index (κ2) is 5.84. The molecule has 1 fully saturated rings. The molecule has 0 saturated carbocycles. The zero-order valence-corrected chi connectivity index (χ0v) is 11.8. The molecule has 0 amide bonds. The highest BCUT2D eigenvalue weighted by molar-refractivity contribution is 7.99. The van der Waals surface area contributed by atoms with Gasteiger partial charge in [-0.1, -0.05) is 18.2 Å². The zero-order valence-electron chi connectivity index (χ0n) is 11.0. The number of anilines is 1. The Morgan fingerprint density at radius 2 is 2.11 bits per heavy atom. The fourth-order valence-electron chi connectivity index (χ4n) is 2.43. The molecular formula is C14H19N3OS. The molecule has 1 aromatic heterocycles. The van der Waals surface area contributed by atoms with Crippen molar-refractivity contribution in [3.05, 3.63) is 18.2 Å². The minimum Gasteiger partial charge on any atom is -0.431 e. The minimum atomic E-state index is 0.727. The average molecular weight is 277 g/mol. The maximum absolute atomic E-state index is 5.74. The van der Waals surface area contributed by atoms with Crippen LogP contribution in [-0.4, -0.2) is 35.3 Å². The van der Waals surface area contributed by atoms with Gasteiger partial charge in [0.2, 0.25) is 0 Å². The Bertz CT molecular complexity index is 549. The second-order valence-electron chi connectivity index (χ2n) is 4.96. The molecule has 2 aromatic rings. The van der Waals surface area contributed by atoms with E-state index in [2.05, 4.69) is 9.88 Å². The lowest BCUT2D eigenvalue weighted by atomic mass is 10.1. The van der Waals surface area contributed by atoms with E-state index in [4.69, 9.17) is 10.2 Å². The van der Waals surface area contributed by atoms with Crippen LogP contribution in [0.4, 0.5) is 5.69 Å². The number of oxazole rings is 1. The van der Waals surface area contributed by atoms with Gasteiger partial charge in [0.05, 0.1) is 0 Å². The fourth-order valence-corrected chi connectivity index (χ4v) is 3.27. The van der Waals surface area contributed by atoms with E-state index in [1.54, 1.807) is 11.8 Å². The van der Waals surface area contributed by atoms with Crippen LogP contribution in [0.5, 0.6) is 0 Å². The Balaban J connectivity index is 1.56. The van der Waals surface area contributed by atoms with Gasteiger partial charge in [-0.15, -0.1) is 0 Å². The molecule has 1 aliphatic rings. The number of rotatable bonds is 4. The molecule has 1 saturated heterocycles. The molecule has 4 nitrogen and oxygen atoms in total. The summed E-state index contributed by atoms with van der Waals surface area (Å²) < 4.78 is 5.69. The van der Waals surface area contributed by atoms with E-state index in [0.29, 0.717) is 0 Å². The van der Waals surface area contributed by atoms with Gasteiger partial charge in [0.25, 0.3) is 5.22 Å². The van der Waals surface area contributed by atoms with E-state index < -0.39 is 0 Å². The molecule has 1 aliphatic heterocycles. The van der Waals surface area contributed by atoms with Gasteiger partial charge in [-0.3, -0.25) is 0 Å². The number of piperidine rings is 1. The summed E-state index contributed by atoms with van der Waals surface area (Å²) in [5, 5.41) is 0.748. The lowest BCUT2D eigenvalue weighted by Crippen LogP contribution is -2.31. The van der Waals surface area contributed by atoms with Gasteiger partial charge in [0.15, 0.2) is 5.58 Å². The number of likely N-dealkylation sites (tertiary alicyclic amines) is 1. The summed E-state index contributed by atoms with van der Waals surface area (Å²) in [7, 11) is 0. The van der Waals surface area contributed by atoms with Crippen molar-refractivity contribution in [3.63, 3.8) is 0 Å². The smallest absolute Gasteiger partial charge is 0.256 e. The van der Waals surface area contributed by atoms with Crippen molar-refractivity contribution < 1.29 is 4.42 Å². The van der Waals surface area contributed by atoms with Crippen LogP contribution >= 0.6 is 11.8 Å². The van der Waals surface area contributed by atoms with E-state index in [0.717, 1.165) is 34.3 Å². The highest BCUT2D eigenvalue weighted by Gasteiger charge is 2.11. The van der Waals surface area contributed by atoms with E-state index in [1.165, 1.54) is 32.4 Å². The second-order valence-corrected chi connectivity index (χ2v) is 6.00. The van der Waals surface area contributed by atoms with Gasteiger partial charge in [-0.2, -0.15) is 0 Å². The van der Waals surface area contributed by atoms with Crippen LogP contribution < -0.4 is 5.73 Å². The minimum absolute atomic E-state index is 0.727. The third-order valence-electron chi connectivity index (χ3n) is 3.47. The van der Waals surface area contributed by atoms with Crippen molar-refractivity contribution in [1.82, 2.24) is 9.88 Å². The molecule has 102 valence electrons. The number of nitrogens with two attached hydrogens (primary N) is 1. The summed E-state index contributed by atoms with van der Waals surface area (Å²) in [5.41, 5.74) is 8.13. The summed E-state index contributed by atoms with van der Waals surface area (Å²) in [4.78, 5) is 6.98. The van der Waals surface area contributed by atoms with Gasteiger partial charge in [-0.25, -0.2) is 4.98 Å². The highest BCUT2D eigenvalue weighted by Crippen LogP contribution is 2.25. The SMILES string of the molecule is Nc1ccc2oc(SCCN3CCCCC3)nc2c1. The number of nitrogens with zero attached hydrogens (tertiary/aromatic N) is 2. The zero-order chi connectivity index (χ0) is 13.1. The fraction of sp³-hybridized carbons (Fsp3) is 0.500. The van der Waals surface area contributed by atoms with E-state index in [1.807, 2.05) is 18.2 Å². The molecule has 0 unspecified atom stereocenters. The van der Waals surface area contributed by atoms with Gasteiger partial charge in [-0.05, 0) is 44.1 Å². The molecular weight excluding hydrogens is 258 g/mol. The summed E-state index contributed by atoms with van der Waals surface area (Å²) in [6.07, 6.45) is 4.07. The van der Waals surface area contributed by atoms with Gasteiger partial charge < -0.3 is 15.1 Å². The Morgan fingerprint density at radius 1 is 1.26 bits per heavy atom. The van der Waals surface area contributed by atoms with E-state index in [9.17, 15) is 0 Å². The molecule has 2 heterocycles. The van der Waals surface area contributed by atoms with Crippen LogP contribution in [0.3, 0.4) is 0 Å². The molecule has 0 aliphatic carbocycles. The lowest BCUT2D eigenvalue weighted by molar-refractivity contribution is 0.242. The van der Waals surface area contributed by atoms with Crippen LogP contribution in [-0.2, 0) is 0 Å². The largest absolute Gasteiger partial charge is 0.431 e. The molecule has 0 spiro atoms. The van der Waals surface area contributed by atoms with Gasteiger partial charge in [0.1, 0.15) is 5.52 Å². The summed E-state index contributed by atoms with van der Waals surface area (Å²) in [5.74, 6) is 1.03. The van der Waals surface area contributed by atoms with Crippen molar-refractivity contribution in [2.45, 2.75) is 24.5 Å². The monoisotopic (exact) mass is 277 g/mol. The predicted molar refractivity (Wildman–Crippen MR) is 79.4 cm³/mol. The number of fused-ring (bicyclic) bond motifs is 1. The van der Waals surface area contributed by atoms with Crippen molar-refractivity contribution in [1.29, 1.82) is 0 Å². The van der Waals surface area contributed by atoms with E-state index in [-0.39, 0.29) is 0 Å². The van der Waals surface area contributed by atoms with Crippen LogP contribution in [0.1, 0.15) is 19.3 Å². The quantitative estimate of drug-likeness (QED) is 0.688.